The van der Waals surface area contributed by atoms with Gasteiger partial charge in [-0.25, -0.2) is 10.4 Å². The molecule has 0 saturated carbocycles. The molecule has 0 aromatic heterocycles. The van der Waals surface area contributed by atoms with E-state index in [1.165, 1.54) is 0 Å². The van der Waals surface area contributed by atoms with E-state index in [1.54, 1.807) is 5.01 Å². The molecule has 2 unspecified atom stereocenters. The van der Waals surface area contributed by atoms with Gasteiger partial charge in [0, 0.05) is 12.2 Å². The number of hydrazine groups is 1. The van der Waals surface area contributed by atoms with Gasteiger partial charge in [-0.2, -0.15) is 0 Å². The Morgan fingerprint density at radius 3 is 2.60 bits per heavy atom. The lowest BCUT2D eigenvalue weighted by Gasteiger charge is -2.26. The van der Waals surface area contributed by atoms with Crippen LogP contribution in [0.4, 0.5) is 11.4 Å². The number of hydrogen-bond acceptors (Lipinski definition) is 3. The predicted molar refractivity (Wildman–Crippen MR) is 78.2 cm³/mol. The largest absolute Gasteiger partial charge is 0.384 e. The fourth-order valence-corrected chi connectivity index (χ4v) is 3.02. The standard InChI is InChI=1S/C16H15N3O/c20-16-13-10-17-14-9-5-4-8-12(14)15(13)18-19(16)11-6-2-1-3-7-11/h1-9,13,15,17-18H,10H2. The molecule has 4 heteroatoms. The van der Waals surface area contributed by atoms with E-state index in [0.717, 1.165) is 16.9 Å². The number of carbonyl (C=O) groups excluding carboxylic acids is 1. The number of carbonyl (C=O) groups is 1. The molecule has 2 N–H and O–H groups in total. The van der Waals surface area contributed by atoms with Gasteiger partial charge in [0.15, 0.2) is 0 Å². The summed E-state index contributed by atoms with van der Waals surface area (Å²) in [6.07, 6.45) is 0. The van der Waals surface area contributed by atoms with E-state index >= 15 is 0 Å². The number of amides is 1. The van der Waals surface area contributed by atoms with E-state index in [-0.39, 0.29) is 17.9 Å². The summed E-state index contributed by atoms with van der Waals surface area (Å²) in [6, 6.07) is 17.9. The number of nitrogens with zero attached hydrogens (tertiary/aromatic N) is 1. The third-order valence-electron chi connectivity index (χ3n) is 4.03. The van der Waals surface area contributed by atoms with Crippen molar-refractivity contribution in [1.29, 1.82) is 0 Å². The van der Waals surface area contributed by atoms with Gasteiger partial charge in [-0.05, 0) is 23.8 Å². The summed E-state index contributed by atoms with van der Waals surface area (Å²) >= 11 is 0. The van der Waals surface area contributed by atoms with Crippen molar-refractivity contribution in [2.75, 3.05) is 16.9 Å². The first-order valence-electron chi connectivity index (χ1n) is 6.82. The molecule has 4 nitrogen and oxygen atoms in total. The number of rotatable bonds is 1. The van der Waals surface area contributed by atoms with Crippen LogP contribution in [-0.4, -0.2) is 12.5 Å². The maximum absolute atomic E-state index is 12.6. The molecular weight excluding hydrogens is 250 g/mol. The number of anilines is 2. The molecule has 2 aliphatic rings. The summed E-state index contributed by atoms with van der Waals surface area (Å²) in [5.74, 6) is 0.0771. The van der Waals surface area contributed by atoms with Crippen LogP contribution in [0.3, 0.4) is 0 Å². The lowest BCUT2D eigenvalue weighted by Crippen LogP contribution is -2.35. The number of hydrogen-bond donors (Lipinski definition) is 2. The van der Waals surface area contributed by atoms with Gasteiger partial charge in [0.1, 0.15) is 0 Å². The predicted octanol–water partition coefficient (Wildman–Crippen LogP) is 2.32. The summed E-state index contributed by atoms with van der Waals surface area (Å²) in [7, 11) is 0. The van der Waals surface area contributed by atoms with E-state index in [9.17, 15) is 4.79 Å². The molecule has 0 spiro atoms. The maximum atomic E-state index is 12.6. The Labute approximate surface area is 117 Å². The van der Waals surface area contributed by atoms with Crippen molar-refractivity contribution in [1.82, 2.24) is 5.43 Å². The second kappa shape index (κ2) is 4.35. The summed E-state index contributed by atoms with van der Waals surface area (Å²) < 4.78 is 0. The second-order valence-corrected chi connectivity index (χ2v) is 5.19. The minimum absolute atomic E-state index is 0.0508. The Bertz CT molecular complexity index is 656. The number of benzene rings is 2. The smallest absolute Gasteiger partial charge is 0.248 e. The zero-order valence-electron chi connectivity index (χ0n) is 10.9. The van der Waals surface area contributed by atoms with E-state index in [2.05, 4.69) is 22.9 Å². The number of fused-ring (bicyclic) bond motifs is 3. The highest BCUT2D eigenvalue weighted by Crippen LogP contribution is 2.39. The lowest BCUT2D eigenvalue weighted by molar-refractivity contribution is -0.120. The van der Waals surface area contributed by atoms with Crippen molar-refractivity contribution in [2.24, 2.45) is 5.92 Å². The van der Waals surface area contributed by atoms with Gasteiger partial charge < -0.3 is 5.32 Å². The highest BCUT2D eigenvalue weighted by Gasteiger charge is 2.44. The minimum Gasteiger partial charge on any atom is -0.384 e. The summed E-state index contributed by atoms with van der Waals surface area (Å²) in [5.41, 5.74) is 6.53. The van der Waals surface area contributed by atoms with Crippen LogP contribution in [-0.2, 0) is 4.79 Å². The van der Waals surface area contributed by atoms with E-state index in [1.807, 2.05) is 42.5 Å². The molecule has 1 amide bonds. The summed E-state index contributed by atoms with van der Waals surface area (Å²) in [6.45, 7) is 0.677. The Morgan fingerprint density at radius 1 is 1.00 bits per heavy atom. The quantitative estimate of drug-likeness (QED) is 0.831. The van der Waals surface area contributed by atoms with Gasteiger partial charge in [-0.15, -0.1) is 0 Å². The first kappa shape index (κ1) is 11.5. The molecule has 1 fully saturated rings. The molecule has 0 bridgehead atoms. The molecular formula is C16H15N3O. The van der Waals surface area contributed by atoms with E-state index in [4.69, 9.17) is 0 Å². The molecule has 2 aliphatic heterocycles. The van der Waals surface area contributed by atoms with Gasteiger partial charge in [-0.3, -0.25) is 4.79 Å². The van der Waals surface area contributed by atoms with Crippen LogP contribution in [0, 0.1) is 5.92 Å². The molecule has 2 aromatic carbocycles. The zero-order valence-corrected chi connectivity index (χ0v) is 10.9. The van der Waals surface area contributed by atoms with Gasteiger partial charge in [0.2, 0.25) is 5.91 Å². The zero-order chi connectivity index (χ0) is 13.5. The fraction of sp³-hybridized carbons (Fsp3) is 0.188. The Balaban J connectivity index is 1.72. The molecule has 2 aromatic rings. The summed E-state index contributed by atoms with van der Waals surface area (Å²) in [5, 5.41) is 5.03. The van der Waals surface area contributed by atoms with Gasteiger partial charge in [0.05, 0.1) is 17.6 Å². The monoisotopic (exact) mass is 265 g/mol. The second-order valence-electron chi connectivity index (χ2n) is 5.19. The van der Waals surface area contributed by atoms with Gasteiger partial charge >= 0.3 is 0 Å². The molecule has 2 heterocycles. The third-order valence-corrected chi connectivity index (χ3v) is 4.03. The van der Waals surface area contributed by atoms with Crippen molar-refractivity contribution in [2.45, 2.75) is 6.04 Å². The minimum atomic E-state index is -0.0508. The van der Waals surface area contributed by atoms with Crippen LogP contribution in [0.25, 0.3) is 0 Å². The Kier molecular flexibility index (Phi) is 2.50. The molecule has 2 atom stereocenters. The highest BCUT2D eigenvalue weighted by atomic mass is 16.2. The van der Waals surface area contributed by atoms with Crippen LogP contribution >= 0.6 is 0 Å². The highest BCUT2D eigenvalue weighted by molar-refractivity contribution is 5.98. The number of para-hydroxylation sites is 2. The first-order valence-corrected chi connectivity index (χ1v) is 6.82. The van der Waals surface area contributed by atoms with Gasteiger partial charge in [0.25, 0.3) is 0 Å². The van der Waals surface area contributed by atoms with Crippen LogP contribution in [0.5, 0.6) is 0 Å². The molecule has 0 aliphatic carbocycles. The Morgan fingerprint density at radius 2 is 1.75 bits per heavy atom. The SMILES string of the molecule is O=C1C2CNc3ccccc3C2NN1c1ccccc1. The van der Waals surface area contributed by atoms with Crippen LogP contribution in [0.1, 0.15) is 11.6 Å². The average molecular weight is 265 g/mol. The first-order chi connectivity index (χ1) is 9.84. The number of nitrogens with one attached hydrogen (secondary N) is 2. The van der Waals surface area contributed by atoms with Crippen LogP contribution in [0.15, 0.2) is 54.6 Å². The normalized spacial score (nSPS) is 24.0. The van der Waals surface area contributed by atoms with Crippen molar-refractivity contribution < 1.29 is 4.79 Å². The third kappa shape index (κ3) is 1.62. The van der Waals surface area contributed by atoms with Crippen molar-refractivity contribution in [3.63, 3.8) is 0 Å². The molecule has 0 radical (unpaired) electrons. The van der Waals surface area contributed by atoms with E-state index in [0.29, 0.717) is 6.54 Å². The topological polar surface area (TPSA) is 44.4 Å². The molecule has 100 valence electrons. The molecule has 20 heavy (non-hydrogen) atoms. The average Bonchev–Trinajstić information content (AvgIpc) is 2.86. The lowest BCUT2D eigenvalue weighted by atomic mass is 9.89. The summed E-state index contributed by atoms with van der Waals surface area (Å²) in [4.78, 5) is 12.6. The van der Waals surface area contributed by atoms with Crippen LogP contribution in [0.2, 0.25) is 0 Å². The molecule has 4 rings (SSSR count). The van der Waals surface area contributed by atoms with Crippen molar-refractivity contribution in [3.05, 3.63) is 60.2 Å². The van der Waals surface area contributed by atoms with Crippen molar-refractivity contribution in [3.8, 4) is 0 Å². The Hall–Kier alpha value is -2.33. The van der Waals surface area contributed by atoms with Gasteiger partial charge in [-0.1, -0.05) is 36.4 Å². The maximum Gasteiger partial charge on any atom is 0.248 e. The van der Waals surface area contributed by atoms with Crippen LogP contribution < -0.4 is 15.8 Å². The van der Waals surface area contributed by atoms with E-state index < -0.39 is 0 Å². The van der Waals surface area contributed by atoms with Crippen molar-refractivity contribution >= 4 is 17.3 Å². The molecule has 1 saturated heterocycles. The fourth-order valence-electron chi connectivity index (χ4n) is 3.02.